The van der Waals surface area contributed by atoms with Crippen LogP contribution in [0.25, 0.3) is 0 Å². The molecule has 0 aliphatic carbocycles. The molecule has 0 aliphatic heterocycles. The highest BCUT2D eigenvalue weighted by Gasteiger charge is 2.32. The number of nitrogens with zero attached hydrogens (tertiary/aromatic N) is 2. The Morgan fingerprint density at radius 2 is 1.50 bits per heavy atom. The van der Waals surface area contributed by atoms with Crippen LogP contribution >= 0.6 is 27.5 Å². The first-order valence-electron chi connectivity index (χ1n) is 12.1. The van der Waals surface area contributed by atoms with Gasteiger partial charge in [0.05, 0.1) is 10.6 Å². The van der Waals surface area contributed by atoms with Crippen molar-refractivity contribution >= 4 is 55.1 Å². The van der Waals surface area contributed by atoms with Gasteiger partial charge in [-0.3, -0.25) is 13.9 Å². The van der Waals surface area contributed by atoms with E-state index in [1.165, 1.54) is 17.0 Å². The molecule has 0 spiro atoms. The summed E-state index contributed by atoms with van der Waals surface area (Å²) in [4.78, 5) is 28.2. The first-order valence-corrected chi connectivity index (χ1v) is 14.7. The molecule has 0 saturated carbocycles. The molecule has 1 N–H and O–H groups in total. The lowest BCUT2D eigenvalue weighted by Crippen LogP contribution is -2.52. The van der Waals surface area contributed by atoms with Crippen LogP contribution in [0.4, 0.5) is 5.69 Å². The highest BCUT2D eigenvalue weighted by Crippen LogP contribution is 2.26. The fraction of sp³-hybridized carbons (Fsp3) is 0.286. The smallest absolute Gasteiger partial charge is 0.264 e. The van der Waals surface area contributed by atoms with Crippen molar-refractivity contribution in [2.24, 2.45) is 0 Å². The SMILES string of the molecule is Cc1ccc(S(=O)(=O)N(CC(=O)N(Cc2ccc(Cl)cc2)C(C)C(=O)NC(C)C)c2ccc(Br)cc2)cc1. The number of hydrogen-bond donors (Lipinski definition) is 1. The fourth-order valence-corrected chi connectivity index (χ4v) is 5.55. The molecule has 10 heteroatoms. The first kappa shape index (κ1) is 29.7. The van der Waals surface area contributed by atoms with Gasteiger partial charge in [0.15, 0.2) is 0 Å². The minimum Gasteiger partial charge on any atom is -0.352 e. The molecule has 3 aromatic rings. The minimum atomic E-state index is -4.10. The average Bonchev–Trinajstić information content (AvgIpc) is 2.87. The van der Waals surface area contributed by atoms with Crippen LogP contribution in [0.1, 0.15) is 31.9 Å². The molecule has 0 fully saturated rings. The van der Waals surface area contributed by atoms with Crippen LogP contribution in [0.5, 0.6) is 0 Å². The number of hydrogen-bond acceptors (Lipinski definition) is 4. The van der Waals surface area contributed by atoms with Crippen molar-refractivity contribution in [3.05, 3.63) is 93.4 Å². The Labute approximate surface area is 238 Å². The summed E-state index contributed by atoms with van der Waals surface area (Å²) in [5, 5.41) is 3.38. The Kier molecular flexibility index (Phi) is 9.98. The van der Waals surface area contributed by atoms with Crippen LogP contribution in [0.15, 0.2) is 82.2 Å². The van der Waals surface area contributed by atoms with Gasteiger partial charge in [-0.05, 0) is 81.8 Å². The maximum atomic E-state index is 13.8. The molecule has 2 amide bonds. The molecule has 38 heavy (non-hydrogen) atoms. The van der Waals surface area contributed by atoms with Gasteiger partial charge in [0.2, 0.25) is 11.8 Å². The van der Waals surface area contributed by atoms with E-state index in [0.29, 0.717) is 10.7 Å². The zero-order valence-corrected chi connectivity index (χ0v) is 24.8. The number of anilines is 1. The lowest BCUT2D eigenvalue weighted by molar-refractivity contribution is -0.139. The number of amides is 2. The third kappa shape index (κ3) is 7.58. The third-order valence-corrected chi connectivity index (χ3v) is 8.44. The number of nitrogens with one attached hydrogen (secondary N) is 1. The number of carbonyl (C=O) groups excluding carboxylic acids is 2. The Hall–Kier alpha value is -2.88. The molecule has 1 unspecified atom stereocenters. The predicted molar refractivity (Wildman–Crippen MR) is 155 cm³/mol. The molecule has 1 atom stereocenters. The Morgan fingerprint density at radius 3 is 2.05 bits per heavy atom. The number of halogens is 2. The second-order valence-corrected chi connectivity index (χ2v) is 12.5. The molecule has 7 nitrogen and oxygen atoms in total. The zero-order chi connectivity index (χ0) is 28.0. The summed E-state index contributed by atoms with van der Waals surface area (Å²) < 4.78 is 29.4. The van der Waals surface area contributed by atoms with Gasteiger partial charge in [0.1, 0.15) is 12.6 Å². The number of benzene rings is 3. The van der Waals surface area contributed by atoms with E-state index in [0.717, 1.165) is 19.9 Å². The van der Waals surface area contributed by atoms with Gasteiger partial charge in [0, 0.05) is 22.1 Å². The summed E-state index contributed by atoms with van der Waals surface area (Å²) >= 11 is 9.40. The van der Waals surface area contributed by atoms with Gasteiger partial charge in [-0.2, -0.15) is 0 Å². The second kappa shape index (κ2) is 12.8. The van der Waals surface area contributed by atoms with Crippen LogP contribution in [0, 0.1) is 6.92 Å². The summed E-state index contributed by atoms with van der Waals surface area (Å²) in [5.74, 6) is -0.858. The van der Waals surface area contributed by atoms with E-state index in [4.69, 9.17) is 11.6 Å². The molecular weight excluding hydrogens is 590 g/mol. The average molecular weight is 621 g/mol. The standard InChI is InChI=1S/C28H31BrClN3O4S/c1-19(2)31-28(35)21(4)32(17-22-7-11-24(30)12-8-22)27(34)18-33(25-13-9-23(29)10-14-25)38(36,37)26-15-5-20(3)6-16-26/h5-16,19,21H,17-18H2,1-4H3,(H,31,35). The third-order valence-electron chi connectivity index (χ3n) is 5.87. The summed E-state index contributed by atoms with van der Waals surface area (Å²) in [7, 11) is -4.10. The molecular formula is C28H31BrClN3O4S. The lowest BCUT2D eigenvalue weighted by atomic mass is 10.1. The fourth-order valence-electron chi connectivity index (χ4n) is 3.75. The van der Waals surface area contributed by atoms with Gasteiger partial charge in [-0.15, -0.1) is 0 Å². The molecule has 0 bridgehead atoms. The van der Waals surface area contributed by atoms with E-state index >= 15 is 0 Å². The summed E-state index contributed by atoms with van der Waals surface area (Å²) in [6, 6.07) is 19.1. The van der Waals surface area contributed by atoms with E-state index in [1.807, 2.05) is 20.8 Å². The molecule has 3 rings (SSSR count). The maximum Gasteiger partial charge on any atom is 0.264 e. The van der Waals surface area contributed by atoms with Crippen molar-refractivity contribution in [2.75, 3.05) is 10.8 Å². The normalized spacial score (nSPS) is 12.2. The van der Waals surface area contributed by atoms with E-state index < -0.39 is 28.5 Å². The van der Waals surface area contributed by atoms with E-state index in [2.05, 4.69) is 21.2 Å². The number of sulfonamides is 1. The van der Waals surface area contributed by atoms with Crippen LogP contribution in [0.3, 0.4) is 0 Å². The molecule has 0 saturated heterocycles. The van der Waals surface area contributed by atoms with Crippen LogP contribution in [-0.2, 0) is 26.2 Å². The number of rotatable bonds is 10. The molecule has 0 aliphatic rings. The number of carbonyl (C=O) groups is 2. The minimum absolute atomic E-state index is 0.0636. The summed E-state index contributed by atoms with van der Waals surface area (Å²) in [5.41, 5.74) is 1.99. The molecule has 202 valence electrons. The first-order chi connectivity index (χ1) is 17.9. The van der Waals surface area contributed by atoms with E-state index in [-0.39, 0.29) is 23.4 Å². The predicted octanol–water partition coefficient (Wildman–Crippen LogP) is 5.55. The quantitative estimate of drug-likeness (QED) is 0.322. The van der Waals surface area contributed by atoms with Gasteiger partial charge in [-0.25, -0.2) is 8.42 Å². The van der Waals surface area contributed by atoms with Crippen molar-refractivity contribution in [3.8, 4) is 0 Å². The van der Waals surface area contributed by atoms with Gasteiger partial charge < -0.3 is 10.2 Å². The van der Waals surface area contributed by atoms with Crippen LogP contribution in [-0.4, -0.2) is 43.8 Å². The van der Waals surface area contributed by atoms with E-state index in [9.17, 15) is 18.0 Å². The molecule has 0 radical (unpaired) electrons. The Bertz CT molecular complexity index is 1360. The largest absolute Gasteiger partial charge is 0.352 e. The Morgan fingerprint density at radius 1 is 0.921 bits per heavy atom. The number of aryl methyl sites for hydroxylation is 1. The van der Waals surface area contributed by atoms with Crippen molar-refractivity contribution < 1.29 is 18.0 Å². The molecule has 0 heterocycles. The highest BCUT2D eigenvalue weighted by atomic mass is 79.9. The zero-order valence-electron chi connectivity index (χ0n) is 21.7. The van der Waals surface area contributed by atoms with Crippen molar-refractivity contribution in [2.45, 2.75) is 51.2 Å². The second-order valence-electron chi connectivity index (χ2n) is 9.29. The van der Waals surface area contributed by atoms with E-state index in [1.54, 1.807) is 67.6 Å². The summed E-state index contributed by atoms with van der Waals surface area (Å²) in [6.07, 6.45) is 0. The van der Waals surface area contributed by atoms with Crippen molar-refractivity contribution in [1.82, 2.24) is 10.2 Å². The highest BCUT2D eigenvalue weighted by molar-refractivity contribution is 9.10. The maximum absolute atomic E-state index is 13.8. The van der Waals surface area contributed by atoms with Gasteiger partial charge in [-0.1, -0.05) is 57.4 Å². The van der Waals surface area contributed by atoms with Gasteiger partial charge in [0.25, 0.3) is 10.0 Å². The molecule has 0 aromatic heterocycles. The molecule has 3 aromatic carbocycles. The van der Waals surface area contributed by atoms with Crippen LogP contribution < -0.4 is 9.62 Å². The van der Waals surface area contributed by atoms with Gasteiger partial charge >= 0.3 is 0 Å². The van der Waals surface area contributed by atoms with Crippen molar-refractivity contribution in [3.63, 3.8) is 0 Å². The lowest BCUT2D eigenvalue weighted by Gasteiger charge is -2.32. The van der Waals surface area contributed by atoms with Crippen LogP contribution in [0.2, 0.25) is 5.02 Å². The topological polar surface area (TPSA) is 86.8 Å². The van der Waals surface area contributed by atoms with Crippen molar-refractivity contribution in [1.29, 1.82) is 0 Å². The summed E-state index contributed by atoms with van der Waals surface area (Å²) in [6.45, 7) is 6.76. The Balaban J connectivity index is 2.02. The monoisotopic (exact) mass is 619 g/mol.